The zero-order valence-electron chi connectivity index (χ0n) is 36.4. The predicted molar refractivity (Wildman–Crippen MR) is 277 cm³/mol. The Bertz CT molecular complexity index is 3210. The van der Waals surface area contributed by atoms with Gasteiger partial charge in [0.25, 0.3) is 0 Å². The predicted octanol–water partition coefficient (Wildman–Crippen LogP) is 16.2. The molecule has 66 heavy (non-hydrogen) atoms. The van der Waals surface area contributed by atoms with Crippen molar-refractivity contribution in [1.29, 1.82) is 0 Å². The van der Waals surface area contributed by atoms with Crippen LogP contribution in [0.15, 0.2) is 289 Å². The first-order chi connectivity index (χ1) is 32.7. The van der Waals surface area contributed by atoms with Crippen molar-refractivity contribution in [2.45, 2.75) is 9.79 Å². The lowest BCUT2D eigenvalue weighted by Crippen LogP contribution is -1.99. The normalized spacial score (nSPS) is 11.3. The summed E-state index contributed by atoms with van der Waals surface area (Å²) >= 11 is 0. The van der Waals surface area contributed by atoms with Crippen LogP contribution < -0.4 is 0 Å². The third kappa shape index (κ3) is 8.96. The lowest BCUT2D eigenvalue weighted by Gasteiger charge is -2.21. The number of rotatable bonds is 12. The molecule has 10 aromatic rings. The van der Waals surface area contributed by atoms with E-state index in [4.69, 9.17) is 0 Å². The second kappa shape index (κ2) is 19.7. The Morgan fingerprint density at radius 3 is 0.939 bits per heavy atom. The standard InChI is InChI=1S/C64H46OS/c65-66(57-36-20-7-21-37-57)58-38-22-35-55(45-58)60-46-56(64(53-33-18-6-19-34-53)62(50-27-12-3-13-28-50)51-29-14-4-15-30-51)43-44-59(60)47-39-41-54(42-40-47)63(52-31-16-5-17-32-52)61(48-23-8-1-9-24-48)49-25-10-2-11-26-49/h1-46H. The largest absolute Gasteiger partial charge is 0.249 e. The summed E-state index contributed by atoms with van der Waals surface area (Å²) in [4.78, 5) is 1.53. The molecule has 0 fully saturated rings. The lowest BCUT2D eigenvalue weighted by atomic mass is 9.83. The SMILES string of the molecule is O=S(c1ccccc1)c1cccc(-c2cc(C(=C(c3ccccc3)c3ccccc3)c3ccccc3)ccc2-c2ccc(C(=C(c3ccccc3)c3ccccc3)c3ccccc3)cc2)c1. The van der Waals surface area contributed by atoms with Crippen molar-refractivity contribution < 1.29 is 4.21 Å². The first-order valence-electron chi connectivity index (χ1n) is 22.3. The molecular weight excluding hydrogens is 817 g/mol. The molecule has 1 nitrogen and oxygen atoms in total. The van der Waals surface area contributed by atoms with Crippen LogP contribution in [0.5, 0.6) is 0 Å². The Balaban J connectivity index is 1.20. The fourth-order valence-corrected chi connectivity index (χ4v) is 10.0. The first kappa shape index (κ1) is 41.8. The minimum absolute atomic E-state index is 0.755. The van der Waals surface area contributed by atoms with Crippen molar-refractivity contribution in [1.82, 2.24) is 0 Å². The quantitative estimate of drug-likeness (QED) is 0.112. The van der Waals surface area contributed by atoms with Crippen molar-refractivity contribution in [2.24, 2.45) is 0 Å². The van der Waals surface area contributed by atoms with Gasteiger partial charge in [0.1, 0.15) is 0 Å². The molecule has 0 bridgehead atoms. The summed E-state index contributed by atoms with van der Waals surface area (Å²) in [6.07, 6.45) is 0. The maximum atomic E-state index is 14.1. The highest BCUT2D eigenvalue weighted by molar-refractivity contribution is 7.85. The molecule has 0 aromatic heterocycles. The average Bonchev–Trinajstić information content (AvgIpc) is 3.41. The summed E-state index contributed by atoms with van der Waals surface area (Å²) in [5.41, 5.74) is 17.9. The molecule has 0 heterocycles. The molecule has 10 aromatic carbocycles. The summed E-state index contributed by atoms with van der Waals surface area (Å²) in [6.45, 7) is 0. The molecule has 0 amide bonds. The molecule has 314 valence electrons. The number of benzene rings is 10. The third-order valence-corrected chi connectivity index (χ3v) is 13.4. The van der Waals surface area contributed by atoms with Crippen LogP contribution in [-0.4, -0.2) is 4.21 Å². The van der Waals surface area contributed by atoms with Gasteiger partial charge in [-0.15, -0.1) is 0 Å². The van der Waals surface area contributed by atoms with Gasteiger partial charge in [-0.25, -0.2) is 4.21 Å². The molecule has 10 rings (SSSR count). The molecule has 0 aliphatic carbocycles. The van der Waals surface area contributed by atoms with Gasteiger partial charge in [-0.2, -0.15) is 0 Å². The van der Waals surface area contributed by atoms with E-state index >= 15 is 0 Å². The van der Waals surface area contributed by atoms with Crippen LogP contribution in [-0.2, 0) is 10.8 Å². The summed E-state index contributed by atoms with van der Waals surface area (Å²) in [6, 6.07) is 98.0. The van der Waals surface area contributed by atoms with Crippen molar-refractivity contribution in [3.05, 3.63) is 324 Å². The lowest BCUT2D eigenvalue weighted by molar-refractivity contribution is 0.683. The smallest absolute Gasteiger partial charge is 0.0849 e. The number of hydrogen-bond acceptors (Lipinski definition) is 1. The van der Waals surface area contributed by atoms with E-state index < -0.39 is 10.8 Å². The Labute approximate surface area is 390 Å². The van der Waals surface area contributed by atoms with Gasteiger partial charge in [-0.05, 0) is 119 Å². The van der Waals surface area contributed by atoms with Gasteiger partial charge in [0.2, 0.25) is 0 Å². The summed E-state index contributed by atoms with van der Waals surface area (Å²) in [5.74, 6) is 0. The minimum Gasteiger partial charge on any atom is -0.249 e. The van der Waals surface area contributed by atoms with Crippen LogP contribution in [0.4, 0.5) is 0 Å². The highest BCUT2D eigenvalue weighted by Crippen LogP contribution is 2.43. The molecule has 0 N–H and O–H groups in total. The van der Waals surface area contributed by atoms with Gasteiger partial charge < -0.3 is 0 Å². The van der Waals surface area contributed by atoms with E-state index in [-0.39, 0.29) is 0 Å². The van der Waals surface area contributed by atoms with Crippen LogP contribution in [0.1, 0.15) is 44.5 Å². The molecule has 2 heteroatoms. The Kier molecular flexibility index (Phi) is 12.5. The van der Waals surface area contributed by atoms with Crippen LogP contribution in [0.3, 0.4) is 0 Å². The zero-order valence-corrected chi connectivity index (χ0v) is 37.2. The molecule has 0 aliphatic rings. The Morgan fingerprint density at radius 2 is 0.545 bits per heavy atom. The molecule has 1 unspecified atom stereocenters. The topological polar surface area (TPSA) is 17.1 Å². The summed E-state index contributed by atoms with van der Waals surface area (Å²) in [7, 11) is -1.36. The van der Waals surface area contributed by atoms with Crippen LogP contribution in [0.25, 0.3) is 44.5 Å². The van der Waals surface area contributed by atoms with Crippen LogP contribution >= 0.6 is 0 Å². The van der Waals surface area contributed by atoms with Gasteiger partial charge >= 0.3 is 0 Å². The van der Waals surface area contributed by atoms with Crippen molar-refractivity contribution in [3.63, 3.8) is 0 Å². The van der Waals surface area contributed by atoms with E-state index in [9.17, 15) is 4.21 Å². The van der Waals surface area contributed by atoms with E-state index in [1.807, 2.05) is 42.5 Å². The summed E-state index contributed by atoms with van der Waals surface area (Å²) < 4.78 is 14.1. The van der Waals surface area contributed by atoms with Gasteiger partial charge in [-0.3, -0.25) is 0 Å². The second-order valence-corrected chi connectivity index (χ2v) is 17.6. The van der Waals surface area contributed by atoms with Gasteiger partial charge in [-0.1, -0.05) is 249 Å². The fourth-order valence-electron chi connectivity index (χ4n) is 8.92. The summed E-state index contributed by atoms with van der Waals surface area (Å²) in [5, 5.41) is 0. The average molecular weight is 863 g/mol. The van der Waals surface area contributed by atoms with E-state index in [0.29, 0.717) is 0 Å². The highest BCUT2D eigenvalue weighted by Gasteiger charge is 2.21. The molecule has 0 aliphatic heterocycles. The third-order valence-electron chi connectivity index (χ3n) is 12.0. The van der Waals surface area contributed by atoms with Crippen molar-refractivity contribution in [3.8, 4) is 22.3 Å². The first-order valence-corrected chi connectivity index (χ1v) is 23.5. The van der Waals surface area contributed by atoms with E-state index in [1.165, 1.54) is 11.1 Å². The van der Waals surface area contributed by atoms with Gasteiger partial charge in [0.15, 0.2) is 0 Å². The van der Waals surface area contributed by atoms with Crippen molar-refractivity contribution in [2.75, 3.05) is 0 Å². The zero-order chi connectivity index (χ0) is 44.5. The maximum absolute atomic E-state index is 14.1. The molecule has 0 spiro atoms. The van der Waals surface area contributed by atoms with Crippen LogP contribution in [0, 0.1) is 0 Å². The van der Waals surface area contributed by atoms with Crippen LogP contribution in [0.2, 0.25) is 0 Å². The highest BCUT2D eigenvalue weighted by atomic mass is 32.2. The maximum Gasteiger partial charge on any atom is 0.0849 e. The Hall–Kier alpha value is -8.17. The Morgan fingerprint density at radius 1 is 0.227 bits per heavy atom. The van der Waals surface area contributed by atoms with Gasteiger partial charge in [0, 0.05) is 9.79 Å². The molecule has 0 saturated carbocycles. The van der Waals surface area contributed by atoms with E-state index in [1.54, 1.807) is 0 Å². The fraction of sp³-hybridized carbons (Fsp3) is 0. The molecule has 1 atom stereocenters. The minimum atomic E-state index is -1.36. The van der Waals surface area contributed by atoms with Crippen molar-refractivity contribution >= 4 is 33.1 Å². The van der Waals surface area contributed by atoms with Gasteiger partial charge in [0.05, 0.1) is 10.8 Å². The molecular formula is C64H46OS. The second-order valence-electron chi connectivity index (χ2n) is 16.1. The van der Waals surface area contributed by atoms with E-state index in [0.717, 1.165) is 87.7 Å². The monoisotopic (exact) mass is 862 g/mol. The molecule has 0 radical (unpaired) electrons. The number of hydrogen-bond donors (Lipinski definition) is 0. The van der Waals surface area contributed by atoms with E-state index in [2.05, 4.69) is 237 Å². The molecule has 0 saturated heterocycles.